The summed E-state index contributed by atoms with van der Waals surface area (Å²) in [4.78, 5) is 11.2. The molecule has 0 radical (unpaired) electrons. The number of hydrogen-bond donors (Lipinski definition) is 4. The van der Waals surface area contributed by atoms with Gasteiger partial charge in [-0.05, 0) is 0 Å². The predicted octanol–water partition coefficient (Wildman–Crippen LogP) is -2.81. The minimum atomic E-state index is -1.48. The molecule has 1 rings (SSSR count). The molecule has 5 atom stereocenters. The third-order valence-electron chi connectivity index (χ3n) is 2.31. The van der Waals surface area contributed by atoms with Gasteiger partial charge in [0.15, 0.2) is 12.4 Å². The third-order valence-corrected chi connectivity index (χ3v) is 2.31. The normalized spacial score (nSPS) is 41.3. The molecule has 2 unspecified atom stereocenters. The molecule has 1 saturated heterocycles. The van der Waals surface area contributed by atoms with Crippen LogP contribution >= 0.6 is 0 Å². The number of carbonyl (C=O) groups is 1. The van der Waals surface area contributed by atoms with Crippen LogP contribution in [0.25, 0.3) is 0 Å². The van der Waals surface area contributed by atoms with E-state index in [9.17, 15) is 20.1 Å². The molecule has 1 aliphatic heterocycles. The Morgan fingerprint density at radius 1 is 1.27 bits per heavy atom. The summed E-state index contributed by atoms with van der Waals surface area (Å²) in [5.74, 6) is -0.587. The summed E-state index contributed by atoms with van der Waals surface area (Å²) < 4.78 is 9.71. The van der Waals surface area contributed by atoms with E-state index in [1.807, 2.05) is 0 Å². The Bertz CT molecular complexity index is 233. The monoisotopic (exact) mass is 221 g/mol. The van der Waals surface area contributed by atoms with Crippen molar-refractivity contribution >= 4 is 5.91 Å². The first-order chi connectivity index (χ1) is 7.02. The van der Waals surface area contributed by atoms with Crippen molar-refractivity contribution in [2.45, 2.75) is 30.7 Å². The van der Waals surface area contributed by atoms with E-state index in [1.165, 1.54) is 14.2 Å². The zero-order chi connectivity index (χ0) is 11.6. The van der Waals surface area contributed by atoms with Crippen LogP contribution < -0.4 is 5.32 Å². The van der Waals surface area contributed by atoms with Crippen molar-refractivity contribution in [1.82, 2.24) is 5.32 Å². The minimum Gasteiger partial charge on any atom is -0.387 e. The van der Waals surface area contributed by atoms with Gasteiger partial charge >= 0.3 is 0 Å². The molecule has 0 aromatic heterocycles. The zero-order valence-corrected chi connectivity index (χ0v) is 8.45. The Morgan fingerprint density at radius 2 is 1.87 bits per heavy atom. The zero-order valence-electron chi connectivity index (χ0n) is 8.45. The second-order valence-electron chi connectivity index (χ2n) is 3.25. The average molecular weight is 221 g/mol. The molecule has 0 aliphatic carbocycles. The Kier molecular flexibility index (Phi) is 4.00. The van der Waals surface area contributed by atoms with Gasteiger partial charge in [0.1, 0.15) is 18.3 Å². The fourth-order valence-corrected chi connectivity index (χ4v) is 1.40. The van der Waals surface area contributed by atoms with Gasteiger partial charge in [-0.1, -0.05) is 0 Å². The number of rotatable bonds is 2. The number of likely N-dealkylation sites (N-methyl/N-ethyl adjacent to an activating group) is 1. The van der Waals surface area contributed by atoms with E-state index >= 15 is 0 Å². The lowest BCUT2D eigenvalue weighted by Gasteiger charge is -2.38. The van der Waals surface area contributed by atoms with Gasteiger partial charge in [-0.25, -0.2) is 0 Å². The van der Waals surface area contributed by atoms with Crippen molar-refractivity contribution < 1.29 is 29.6 Å². The maximum Gasteiger partial charge on any atom is 0.251 e. The number of methoxy groups -OCH3 is 1. The molecule has 0 aromatic carbocycles. The Hall–Kier alpha value is -0.730. The molecule has 7 heteroatoms. The summed E-state index contributed by atoms with van der Waals surface area (Å²) in [6.07, 6.45) is -6.73. The Morgan fingerprint density at radius 3 is 2.33 bits per heavy atom. The van der Waals surface area contributed by atoms with Crippen LogP contribution in [0.1, 0.15) is 0 Å². The van der Waals surface area contributed by atoms with Gasteiger partial charge in [-0.3, -0.25) is 4.79 Å². The smallest absolute Gasteiger partial charge is 0.251 e. The van der Waals surface area contributed by atoms with Crippen LogP contribution in [0, 0.1) is 0 Å². The van der Waals surface area contributed by atoms with Crippen molar-refractivity contribution in [1.29, 1.82) is 0 Å². The number of hydrogen-bond acceptors (Lipinski definition) is 6. The summed E-state index contributed by atoms with van der Waals surface area (Å²) in [5, 5.41) is 30.6. The van der Waals surface area contributed by atoms with Gasteiger partial charge in [-0.2, -0.15) is 0 Å². The number of aliphatic hydroxyl groups excluding tert-OH is 3. The van der Waals surface area contributed by atoms with Crippen molar-refractivity contribution in [3.63, 3.8) is 0 Å². The van der Waals surface area contributed by atoms with Crippen molar-refractivity contribution in [2.75, 3.05) is 14.2 Å². The van der Waals surface area contributed by atoms with Gasteiger partial charge in [0.25, 0.3) is 5.91 Å². The molecular formula is C8H15NO6. The largest absolute Gasteiger partial charge is 0.387 e. The quantitative estimate of drug-likeness (QED) is 0.401. The summed E-state index contributed by atoms with van der Waals surface area (Å²) in [5.41, 5.74) is 0. The van der Waals surface area contributed by atoms with Gasteiger partial charge in [0, 0.05) is 14.2 Å². The summed E-state index contributed by atoms with van der Waals surface area (Å²) in [6.45, 7) is 0. The topological polar surface area (TPSA) is 108 Å². The molecule has 1 aliphatic rings. The van der Waals surface area contributed by atoms with Crippen LogP contribution in [0.4, 0.5) is 0 Å². The number of aliphatic hydroxyl groups is 3. The molecule has 1 amide bonds. The lowest BCUT2D eigenvalue weighted by atomic mass is 9.98. The minimum absolute atomic E-state index is 0.587. The first kappa shape index (κ1) is 12.3. The molecule has 4 N–H and O–H groups in total. The fraction of sp³-hybridized carbons (Fsp3) is 0.875. The van der Waals surface area contributed by atoms with E-state index < -0.39 is 36.6 Å². The highest BCUT2D eigenvalue weighted by molar-refractivity contribution is 5.81. The lowest BCUT2D eigenvalue weighted by molar-refractivity contribution is -0.283. The maximum absolute atomic E-state index is 11.2. The standard InChI is InChI=1S/C8H15NO6/c1-9-7(13)6-4(11)3(10)5(12)8(14-2)15-6/h3-6,8,10-12H,1-2H3,(H,9,13)/t3?,4-,5-,6?,8+/m0/s1. The number of nitrogens with one attached hydrogen (secondary N) is 1. The Labute approximate surface area is 86.6 Å². The van der Waals surface area contributed by atoms with Crippen molar-refractivity contribution in [2.24, 2.45) is 0 Å². The average Bonchev–Trinajstić information content (AvgIpc) is 2.25. The summed E-state index contributed by atoms with van der Waals surface area (Å²) in [7, 11) is 2.64. The van der Waals surface area contributed by atoms with Crippen LogP contribution in [0.15, 0.2) is 0 Å². The molecular weight excluding hydrogens is 206 g/mol. The number of ether oxygens (including phenoxy) is 2. The van der Waals surface area contributed by atoms with E-state index in [-0.39, 0.29) is 0 Å². The second-order valence-corrected chi connectivity index (χ2v) is 3.25. The maximum atomic E-state index is 11.2. The second kappa shape index (κ2) is 4.86. The molecule has 88 valence electrons. The van der Waals surface area contributed by atoms with Gasteiger partial charge in [0.05, 0.1) is 0 Å². The van der Waals surface area contributed by atoms with Crippen molar-refractivity contribution in [3.8, 4) is 0 Å². The molecule has 0 saturated carbocycles. The predicted molar refractivity (Wildman–Crippen MR) is 47.8 cm³/mol. The summed E-state index contributed by atoms with van der Waals surface area (Å²) >= 11 is 0. The van der Waals surface area contributed by atoms with E-state index in [4.69, 9.17) is 9.47 Å². The van der Waals surface area contributed by atoms with Crippen LogP contribution in [0.2, 0.25) is 0 Å². The summed E-state index contributed by atoms with van der Waals surface area (Å²) in [6, 6.07) is 0. The fourth-order valence-electron chi connectivity index (χ4n) is 1.40. The van der Waals surface area contributed by atoms with Crippen LogP contribution in [-0.4, -0.2) is 66.1 Å². The first-order valence-electron chi connectivity index (χ1n) is 4.47. The highest BCUT2D eigenvalue weighted by Crippen LogP contribution is 2.21. The van der Waals surface area contributed by atoms with Crippen LogP contribution in [-0.2, 0) is 14.3 Å². The van der Waals surface area contributed by atoms with Gasteiger partial charge in [-0.15, -0.1) is 0 Å². The molecule has 1 fully saturated rings. The first-order valence-corrected chi connectivity index (χ1v) is 4.47. The molecule has 7 nitrogen and oxygen atoms in total. The van der Waals surface area contributed by atoms with Crippen LogP contribution in [0.5, 0.6) is 0 Å². The number of amides is 1. The third kappa shape index (κ3) is 2.27. The number of carbonyl (C=O) groups excluding carboxylic acids is 1. The van der Waals surface area contributed by atoms with Gasteiger partial charge < -0.3 is 30.1 Å². The molecule has 0 bridgehead atoms. The highest BCUT2D eigenvalue weighted by Gasteiger charge is 2.46. The van der Waals surface area contributed by atoms with Crippen molar-refractivity contribution in [3.05, 3.63) is 0 Å². The Balaban J connectivity index is 2.78. The molecule has 0 spiro atoms. The molecule has 1 heterocycles. The van der Waals surface area contributed by atoms with E-state index in [0.29, 0.717) is 0 Å². The lowest BCUT2D eigenvalue weighted by Crippen LogP contribution is -2.61. The highest BCUT2D eigenvalue weighted by atomic mass is 16.7. The van der Waals surface area contributed by atoms with Crippen LogP contribution in [0.3, 0.4) is 0 Å². The van der Waals surface area contributed by atoms with Gasteiger partial charge in [0.2, 0.25) is 0 Å². The molecule has 15 heavy (non-hydrogen) atoms. The van der Waals surface area contributed by atoms with E-state index in [0.717, 1.165) is 0 Å². The van der Waals surface area contributed by atoms with E-state index in [1.54, 1.807) is 0 Å². The van der Waals surface area contributed by atoms with E-state index in [2.05, 4.69) is 5.32 Å². The molecule has 0 aromatic rings. The SMILES string of the molecule is CNC(=O)C1O[C@@H](OC)[C@@H](O)C(O)[C@@H]1O.